The van der Waals surface area contributed by atoms with Crippen LogP contribution in [-0.4, -0.2) is 5.78 Å². The number of ketones is 1. The number of allylic oxidation sites excluding steroid dienone is 4. The Morgan fingerprint density at radius 3 is 2.64 bits per heavy atom. The van der Waals surface area contributed by atoms with Gasteiger partial charge in [0.15, 0.2) is 5.78 Å². The molecule has 2 aliphatic rings. The summed E-state index contributed by atoms with van der Waals surface area (Å²) in [5.41, 5.74) is 0.147. The van der Waals surface area contributed by atoms with E-state index < -0.39 is 0 Å². The lowest BCUT2D eigenvalue weighted by atomic mass is 9.82. The van der Waals surface area contributed by atoms with Crippen molar-refractivity contribution in [3.8, 4) is 0 Å². The minimum absolute atomic E-state index is 0.121. The molecule has 0 amide bonds. The van der Waals surface area contributed by atoms with Crippen LogP contribution < -0.4 is 0 Å². The third-order valence-electron chi connectivity index (χ3n) is 2.45. The van der Waals surface area contributed by atoms with Gasteiger partial charge in [-0.15, -0.1) is 0 Å². The van der Waals surface area contributed by atoms with Gasteiger partial charge in [0.2, 0.25) is 0 Å². The van der Waals surface area contributed by atoms with E-state index in [1.807, 2.05) is 12.2 Å². The molecule has 1 heteroatoms. The fourth-order valence-electron chi connectivity index (χ4n) is 1.77. The van der Waals surface area contributed by atoms with E-state index in [0.717, 1.165) is 0 Å². The zero-order valence-corrected chi connectivity index (χ0v) is 6.42. The molecule has 2 aliphatic carbocycles. The smallest absolute Gasteiger partial charge is 0.178 e. The Kier molecular flexibility index (Phi) is 1.38. The van der Waals surface area contributed by atoms with Gasteiger partial charge in [-0.3, -0.25) is 4.79 Å². The minimum atomic E-state index is 0.121. The Bertz CT molecular complexity index is 211. The van der Waals surface area contributed by atoms with Crippen LogP contribution in [0.5, 0.6) is 0 Å². The van der Waals surface area contributed by atoms with E-state index >= 15 is 0 Å². The van der Waals surface area contributed by atoms with E-state index in [-0.39, 0.29) is 11.2 Å². The van der Waals surface area contributed by atoms with Crippen molar-refractivity contribution in [2.24, 2.45) is 5.41 Å². The highest BCUT2D eigenvalue weighted by Crippen LogP contribution is 2.40. The van der Waals surface area contributed by atoms with Crippen molar-refractivity contribution in [2.45, 2.75) is 19.3 Å². The fraction of sp³-hybridized carbons (Fsp3) is 0.400. The lowest BCUT2D eigenvalue weighted by Crippen LogP contribution is -2.13. The molecule has 0 aromatic heterocycles. The van der Waals surface area contributed by atoms with Crippen molar-refractivity contribution < 1.29 is 4.79 Å². The molecule has 56 valence electrons. The lowest BCUT2D eigenvalue weighted by molar-refractivity contribution is -0.110. The Balaban J connectivity index is 2.22. The number of hydrogen-bond acceptors (Lipinski definition) is 1. The van der Waals surface area contributed by atoms with Crippen LogP contribution in [-0.2, 0) is 4.79 Å². The van der Waals surface area contributed by atoms with Gasteiger partial charge < -0.3 is 0 Å². The normalized spacial score (nSPS) is 26.0. The summed E-state index contributed by atoms with van der Waals surface area (Å²) in [4.78, 5) is 10.8. The summed E-state index contributed by atoms with van der Waals surface area (Å²) in [6.45, 7) is 0. The van der Waals surface area contributed by atoms with E-state index in [2.05, 4.69) is 6.42 Å². The van der Waals surface area contributed by atoms with Gasteiger partial charge in [0, 0.05) is 6.42 Å². The molecule has 1 spiro atoms. The van der Waals surface area contributed by atoms with Crippen molar-refractivity contribution >= 4 is 5.78 Å². The van der Waals surface area contributed by atoms with Gasteiger partial charge in [0.25, 0.3) is 0 Å². The van der Waals surface area contributed by atoms with E-state index in [0.29, 0.717) is 0 Å². The zero-order valence-electron chi connectivity index (χ0n) is 6.42. The summed E-state index contributed by atoms with van der Waals surface area (Å²) in [6.07, 6.45) is 13.3. The molecule has 0 radical (unpaired) electrons. The quantitative estimate of drug-likeness (QED) is 0.479. The molecule has 0 atom stereocenters. The highest BCUT2D eigenvalue weighted by atomic mass is 16.1. The van der Waals surface area contributed by atoms with Crippen molar-refractivity contribution in [3.05, 3.63) is 30.7 Å². The largest absolute Gasteiger partial charge is 0.290 e. The first-order valence-electron chi connectivity index (χ1n) is 4.08. The van der Waals surface area contributed by atoms with Crippen LogP contribution in [0.15, 0.2) is 24.3 Å². The Morgan fingerprint density at radius 1 is 1.36 bits per heavy atom. The van der Waals surface area contributed by atoms with Crippen molar-refractivity contribution in [1.29, 1.82) is 0 Å². The summed E-state index contributed by atoms with van der Waals surface area (Å²) in [5.74, 6) is 0.121. The highest BCUT2D eigenvalue weighted by molar-refractivity contribution is 6.00. The van der Waals surface area contributed by atoms with E-state index in [1.165, 1.54) is 19.3 Å². The first-order chi connectivity index (χ1) is 5.31. The summed E-state index contributed by atoms with van der Waals surface area (Å²) in [5, 5.41) is 0. The second kappa shape index (κ2) is 2.26. The van der Waals surface area contributed by atoms with Crippen LogP contribution in [0, 0.1) is 11.8 Å². The van der Waals surface area contributed by atoms with Crippen LogP contribution in [0.3, 0.4) is 0 Å². The molecular weight excluding hydrogens is 136 g/mol. The average Bonchev–Trinajstić information content (AvgIpc) is 2.45. The Hall–Kier alpha value is -0.980. The van der Waals surface area contributed by atoms with Crippen LogP contribution >= 0.6 is 0 Å². The summed E-state index contributed by atoms with van der Waals surface area (Å²) >= 11 is 0. The number of carbonyl (C=O) groups excluding carboxylic acids is 1. The van der Waals surface area contributed by atoms with Gasteiger partial charge in [0.1, 0.15) is 5.41 Å². The fourth-order valence-corrected chi connectivity index (χ4v) is 1.77. The molecular formula is C10H11O+. The molecule has 0 heterocycles. The first-order valence-corrected chi connectivity index (χ1v) is 4.08. The van der Waals surface area contributed by atoms with Crippen molar-refractivity contribution in [2.75, 3.05) is 0 Å². The maximum atomic E-state index is 10.8. The molecule has 1 nitrogen and oxygen atoms in total. The van der Waals surface area contributed by atoms with Crippen LogP contribution in [0.25, 0.3) is 0 Å². The van der Waals surface area contributed by atoms with Crippen molar-refractivity contribution in [3.63, 3.8) is 0 Å². The molecule has 0 aromatic carbocycles. The number of hydrogen-bond donors (Lipinski definition) is 0. The standard InChI is InChI=1S/C10H11O/c11-9-3-7-10(8-4-9)5-1-2-6-10/h3-5,7-8H,1-2,6H2/q+1. The minimum Gasteiger partial charge on any atom is -0.290 e. The zero-order chi connectivity index (χ0) is 7.73. The summed E-state index contributed by atoms with van der Waals surface area (Å²) < 4.78 is 0. The molecule has 0 unspecified atom stereocenters. The third kappa shape index (κ3) is 1.11. The number of carbonyl (C=O) groups is 1. The van der Waals surface area contributed by atoms with E-state index in [1.54, 1.807) is 12.2 Å². The molecule has 2 rings (SSSR count). The Morgan fingerprint density at radius 2 is 2.09 bits per heavy atom. The third-order valence-corrected chi connectivity index (χ3v) is 2.45. The predicted octanol–water partition coefficient (Wildman–Crippen LogP) is 2.06. The first kappa shape index (κ1) is 6.71. The maximum absolute atomic E-state index is 10.8. The van der Waals surface area contributed by atoms with Gasteiger partial charge in [-0.25, -0.2) is 0 Å². The van der Waals surface area contributed by atoms with Crippen LogP contribution in [0.2, 0.25) is 0 Å². The van der Waals surface area contributed by atoms with Gasteiger partial charge in [-0.2, -0.15) is 0 Å². The molecule has 0 N–H and O–H groups in total. The van der Waals surface area contributed by atoms with Crippen molar-refractivity contribution in [1.82, 2.24) is 0 Å². The van der Waals surface area contributed by atoms with Crippen LogP contribution in [0.4, 0.5) is 0 Å². The SMILES string of the molecule is O=C1C=CC2(C=C1)[CH+]CCC2. The van der Waals surface area contributed by atoms with E-state index in [9.17, 15) is 4.79 Å². The van der Waals surface area contributed by atoms with Gasteiger partial charge in [0.05, 0.1) is 12.8 Å². The highest BCUT2D eigenvalue weighted by Gasteiger charge is 2.39. The monoisotopic (exact) mass is 147 g/mol. The molecule has 0 aliphatic heterocycles. The summed E-state index contributed by atoms with van der Waals surface area (Å²) in [7, 11) is 0. The molecule has 0 saturated heterocycles. The van der Waals surface area contributed by atoms with Gasteiger partial charge in [-0.05, 0) is 30.7 Å². The van der Waals surface area contributed by atoms with Gasteiger partial charge >= 0.3 is 0 Å². The molecule has 1 fully saturated rings. The second-order valence-electron chi connectivity index (χ2n) is 3.28. The van der Waals surface area contributed by atoms with Crippen LogP contribution in [0.1, 0.15) is 19.3 Å². The predicted molar refractivity (Wildman–Crippen MR) is 43.9 cm³/mol. The Labute approximate surface area is 66.8 Å². The maximum Gasteiger partial charge on any atom is 0.178 e. The van der Waals surface area contributed by atoms with E-state index in [4.69, 9.17) is 0 Å². The lowest BCUT2D eigenvalue weighted by Gasteiger charge is -2.13. The molecule has 11 heavy (non-hydrogen) atoms. The number of rotatable bonds is 0. The average molecular weight is 147 g/mol. The molecule has 0 bridgehead atoms. The molecule has 1 saturated carbocycles. The summed E-state index contributed by atoms with van der Waals surface area (Å²) in [6, 6.07) is 0. The topological polar surface area (TPSA) is 17.1 Å². The van der Waals surface area contributed by atoms with Gasteiger partial charge in [-0.1, -0.05) is 0 Å². The second-order valence-corrected chi connectivity index (χ2v) is 3.28. The molecule has 0 aromatic rings.